The number of H-pyrrole nitrogens is 1. The van der Waals surface area contributed by atoms with Crippen molar-refractivity contribution in [3.05, 3.63) is 76.1 Å². The third-order valence-corrected chi connectivity index (χ3v) is 4.19. The number of rotatable bonds is 5. The lowest BCUT2D eigenvalue weighted by atomic mass is 10.0. The summed E-state index contributed by atoms with van der Waals surface area (Å²) in [6.07, 6.45) is 2.89. The summed E-state index contributed by atoms with van der Waals surface area (Å²) in [6.45, 7) is 4.17. The van der Waals surface area contributed by atoms with Crippen molar-refractivity contribution < 1.29 is 0 Å². The molecule has 0 aliphatic carbocycles. The molecule has 0 unspecified atom stereocenters. The van der Waals surface area contributed by atoms with Gasteiger partial charge in [0.2, 0.25) is 0 Å². The number of hydrogen-bond donors (Lipinski definition) is 1. The van der Waals surface area contributed by atoms with Gasteiger partial charge in [-0.15, -0.1) is 0 Å². The number of hydrogen-bond acceptors (Lipinski definition) is 1. The first-order valence-corrected chi connectivity index (χ1v) is 8.17. The fourth-order valence-electron chi connectivity index (χ4n) is 2.88. The first-order valence-electron chi connectivity index (χ1n) is 8.17. The first kappa shape index (κ1) is 15.3. The van der Waals surface area contributed by atoms with E-state index < -0.39 is 0 Å². The average Bonchev–Trinajstić information content (AvgIpc) is 2.91. The molecule has 3 rings (SSSR count). The summed E-state index contributed by atoms with van der Waals surface area (Å²) in [6, 6.07) is 18.0. The fourth-order valence-corrected chi connectivity index (χ4v) is 2.88. The summed E-state index contributed by atoms with van der Waals surface area (Å²) in [5, 5.41) is 3.34. The number of benzene rings is 2. The molecule has 0 atom stereocenters. The SMILES string of the molecule is CCCCc1c(-c2ccccc2)[nH]n(-c2ccccc2C)c1=O. The van der Waals surface area contributed by atoms with Crippen molar-refractivity contribution in [2.75, 3.05) is 0 Å². The molecule has 3 nitrogen and oxygen atoms in total. The maximum Gasteiger partial charge on any atom is 0.275 e. The molecule has 1 N–H and O–H groups in total. The summed E-state index contributed by atoms with van der Waals surface area (Å²) in [4.78, 5) is 13.0. The summed E-state index contributed by atoms with van der Waals surface area (Å²) >= 11 is 0. The van der Waals surface area contributed by atoms with Gasteiger partial charge in [0.15, 0.2) is 0 Å². The molecule has 1 heterocycles. The van der Waals surface area contributed by atoms with Gasteiger partial charge >= 0.3 is 0 Å². The average molecular weight is 306 g/mol. The molecule has 0 radical (unpaired) electrons. The summed E-state index contributed by atoms with van der Waals surface area (Å²) in [5.74, 6) is 0. The molecular weight excluding hydrogens is 284 g/mol. The third kappa shape index (κ3) is 3.00. The maximum atomic E-state index is 13.0. The van der Waals surface area contributed by atoms with Gasteiger partial charge in [-0.1, -0.05) is 61.9 Å². The minimum absolute atomic E-state index is 0.0617. The molecule has 2 aromatic carbocycles. The molecule has 0 fully saturated rings. The number of nitrogens with zero attached hydrogens (tertiary/aromatic N) is 1. The van der Waals surface area contributed by atoms with Crippen LogP contribution in [0, 0.1) is 6.92 Å². The number of para-hydroxylation sites is 1. The van der Waals surface area contributed by atoms with E-state index in [1.54, 1.807) is 4.68 Å². The van der Waals surface area contributed by atoms with Gasteiger partial charge in [0.25, 0.3) is 5.56 Å². The Morgan fingerprint density at radius 2 is 1.70 bits per heavy atom. The van der Waals surface area contributed by atoms with E-state index in [2.05, 4.69) is 12.0 Å². The number of aromatic amines is 1. The van der Waals surface area contributed by atoms with Crippen molar-refractivity contribution in [1.82, 2.24) is 9.78 Å². The van der Waals surface area contributed by atoms with Gasteiger partial charge in [0.1, 0.15) is 0 Å². The standard InChI is InChI=1S/C20H22N2O/c1-3-4-13-17-19(16-11-6-5-7-12-16)21-22(20(17)23)18-14-9-8-10-15(18)2/h5-12,14,21H,3-4,13H2,1-2H3. The van der Waals surface area contributed by atoms with Crippen LogP contribution in [-0.4, -0.2) is 9.78 Å². The molecule has 0 saturated heterocycles. The Kier molecular flexibility index (Phi) is 4.47. The highest BCUT2D eigenvalue weighted by Gasteiger charge is 2.16. The largest absolute Gasteiger partial charge is 0.290 e. The molecule has 0 aliphatic rings. The summed E-state index contributed by atoms with van der Waals surface area (Å²) in [7, 11) is 0. The number of aromatic nitrogens is 2. The zero-order valence-corrected chi connectivity index (χ0v) is 13.7. The minimum atomic E-state index is 0.0617. The third-order valence-electron chi connectivity index (χ3n) is 4.19. The Hall–Kier alpha value is -2.55. The van der Waals surface area contributed by atoms with E-state index in [9.17, 15) is 4.79 Å². The Bertz CT molecular complexity index is 844. The molecule has 0 amide bonds. The quantitative estimate of drug-likeness (QED) is 0.741. The van der Waals surface area contributed by atoms with Gasteiger partial charge in [-0.2, -0.15) is 0 Å². The van der Waals surface area contributed by atoms with E-state index in [1.807, 2.05) is 61.5 Å². The summed E-state index contributed by atoms with van der Waals surface area (Å²) in [5.41, 5.74) is 4.93. The molecule has 0 saturated carbocycles. The predicted octanol–water partition coefficient (Wildman–Crippen LogP) is 4.48. The van der Waals surface area contributed by atoms with Crippen molar-refractivity contribution in [3.8, 4) is 16.9 Å². The molecule has 23 heavy (non-hydrogen) atoms. The van der Waals surface area contributed by atoms with E-state index in [4.69, 9.17) is 0 Å². The van der Waals surface area contributed by atoms with Crippen LogP contribution in [0.1, 0.15) is 30.9 Å². The van der Waals surface area contributed by atoms with Crippen molar-refractivity contribution in [3.63, 3.8) is 0 Å². The highest BCUT2D eigenvalue weighted by atomic mass is 16.1. The van der Waals surface area contributed by atoms with Crippen LogP contribution in [0.5, 0.6) is 0 Å². The normalized spacial score (nSPS) is 10.9. The zero-order valence-electron chi connectivity index (χ0n) is 13.7. The van der Waals surface area contributed by atoms with Gasteiger partial charge in [0, 0.05) is 5.56 Å². The Balaban J connectivity index is 2.18. The van der Waals surface area contributed by atoms with Crippen molar-refractivity contribution in [2.24, 2.45) is 0 Å². The van der Waals surface area contributed by atoms with Crippen LogP contribution in [-0.2, 0) is 6.42 Å². The van der Waals surface area contributed by atoms with E-state index in [0.29, 0.717) is 0 Å². The van der Waals surface area contributed by atoms with E-state index in [1.165, 1.54) is 0 Å². The van der Waals surface area contributed by atoms with E-state index in [-0.39, 0.29) is 5.56 Å². The molecule has 3 heteroatoms. The molecule has 1 aromatic heterocycles. The van der Waals surface area contributed by atoms with Gasteiger partial charge in [-0.05, 0) is 37.0 Å². The lowest BCUT2D eigenvalue weighted by molar-refractivity contribution is 0.786. The van der Waals surface area contributed by atoms with Crippen LogP contribution in [0.25, 0.3) is 16.9 Å². The highest BCUT2D eigenvalue weighted by Crippen LogP contribution is 2.22. The molecule has 0 bridgehead atoms. The Morgan fingerprint density at radius 1 is 1.00 bits per heavy atom. The Morgan fingerprint density at radius 3 is 2.39 bits per heavy atom. The number of unbranched alkanes of at least 4 members (excludes halogenated alkanes) is 1. The van der Waals surface area contributed by atoms with Gasteiger partial charge in [0.05, 0.1) is 11.4 Å². The van der Waals surface area contributed by atoms with E-state index >= 15 is 0 Å². The van der Waals surface area contributed by atoms with Crippen LogP contribution >= 0.6 is 0 Å². The van der Waals surface area contributed by atoms with Crippen LogP contribution < -0.4 is 5.56 Å². The van der Waals surface area contributed by atoms with Crippen molar-refractivity contribution in [2.45, 2.75) is 33.1 Å². The second-order valence-electron chi connectivity index (χ2n) is 5.86. The second-order valence-corrected chi connectivity index (χ2v) is 5.86. The molecule has 3 aromatic rings. The molecular formula is C20H22N2O. The Labute approximate surface area is 136 Å². The van der Waals surface area contributed by atoms with Crippen LogP contribution in [0.3, 0.4) is 0 Å². The van der Waals surface area contributed by atoms with Gasteiger partial charge in [-0.3, -0.25) is 9.89 Å². The maximum absolute atomic E-state index is 13.0. The van der Waals surface area contributed by atoms with Gasteiger partial charge < -0.3 is 0 Å². The van der Waals surface area contributed by atoms with Gasteiger partial charge in [-0.25, -0.2) is 4.68 Å². The van der Waals surface area contributed by atoms with Crippen LogP contribution in [0.4, 0.5) is 0 Å². The van der Waals surface area contributed by atoms with Crippen molar-refractivity contribution in [1.29, 1.82) is 0 Å². The first-order chi connectivity index (χ1) is 11.2. The monoisotopic (exact) mass is 306 g/mol. The lowest BCUT2D eigenvalue weighted by Gasteiger charge is -2.05. The smallest absolute Gasteiger partial charge is 0.275 e. The second kappa shape index (κ2) is 6.69. The topological polar surface area (TPSA) is 37.8 Å². The highest BCUT2D eigenvalue weighted by molar-refractivity contribution is 5.63. The summed E-state index contributed by atoms with van der Waals surface area (Å²) < 4.78 is 1.68. The number of aryl methyl sites for hydroxylation is 1. The van der Waals surface area contributed by atoms with Crippen molar-refractivity contribution >= 4 is 0 Å². The molecule has 118 valence electrons. The zero-order chi connectivity index (χ0) is 16.2. The number of nitrogens with one attached hydrogen (secondary N) is 1. The lowest BCUT2D eigenvalue weighted by Crippen LogP contribution is -2.18. The predicted molar refractivity (Wildman–Crippen MR) is 95.2 cm³/mol. The molecule has 0 spiro atoms. The van der Waals surface area contributed by atoms with E-state index in [0.717, 1.165) is 47.3 Å². The van der Waals surface area contributed by atoms with Crippen LogP contribution in [0.15, 0.2) is 59.4 Å². The fraction of sp³-hybridized carbons (Fsp3) is 0.250. The van der Waals surface area contributed by atoms with Crippen LogP contribution in [0.2, 0.25) is 0 Å². The molecule has 0 aliphatic heterocycles. The minimum Gasteiger partial charge on any atom is -0.290 e.